The second kappa shape index (κ2) is 4.61. The number of hydrogen-bond acceptors (Lipinski definition) is 3. The number of nitrogens with two attached hydrogens (primary N) is 1. The van der Waals surface area contributed by atoms with Gasteiger partial charge in [-0.3, -0.25) is 4.79 Å². The van der Waals surface area contributed by atoms with E-state index in [1.807, 2.05) is 0 Å². The number of aryl methyl sites for hydroxylation is 1. The lowest BCUT2D eigenvalue weighted by atomic mass is 9.89. The average molecular weight is 282 g/mol. The summed E-state index contributed by atoms with van der Waals surface area (Å²) in [6.45, 7) is 3.95. The Morgan fingerprint density at radius 2 is 2.00 bits per heavy atom. The molecule has 6 heteroatoms. The highest BCUT2D eigenvalue weighted by atomic mass is 32.2. The molecule has 1 aliphatic heterocycles. The van der Waals surface area contributed by atoms with Crippen molar-refractivity contribution in [3.63, 3.8) is 0 Å². The van der Waals surface area contributed by atoms with Crippen molar-refractivity contribution in [3.05, 3.63) is 29.8 Å². The zero-order valence-electron chi connectivity index (χ0n) is 11.1. The molecule has 0 aliphatic carbocycles. The Kier molecular flexibility index (Phi) is 3.40. The number of primary amides is 1. The van der Waals surface area contributed by atoms with Gasteiger partial charge in [-0.1, -0.05) is 18.2 Å². The molecule has 1 heterocycles. The first-order valence-electron chi connectivity index (χ1n) is 6.13. The minimum atomic E-state index is -3.55. The monoisotopic (exact) mass is 282 g/mol. The van der Waals surface area contributed by atoms with Crippen molar-refractivity contribution in [1.82, 2.24) is 4.31 Å². The highest BCUT2D eigenvalue weighted by Crippen LogP contribution is 2.33. The molecule has 1 saturated heterocycles. The van der Waals surface area contributed by atoms with Gasteiger partial charge in [0, 0.05) is 13.1 Å². The van der Waals surface area contributed by atoms with Crippen LogP contribution in [0.2, 0.25) is 0 Å². The fourth-order valence-electron chi connectivity index (χ4n) is 2.31. The number of rotatable bonds is 3. The Morgan fingerprint density at radius 1 is 1.37 bits per heavy atom. The molecule has 5 nitrogen and oxygen atoms in total. The maximum absolute atomic E-state index is 12.5. The van der Waals surface area contributed by atoms with Crippen molar-refractivity contribution in [2.45, 2.75) is 25.2 Å². The largest absolute Gasteiger partial charge is 0.369 e. The smallest absolute Gasteiger partial charge is 0.243 e. The van der Waals surface area contributed by atoms with Crippen LogP contribution in [0.3, 0.4) is 0 Å². The van der Waals surface area contributed by atoms with Crippen LogP contribution < -0.4 is 5.73 Å². The predicted octanol–water partition coefficient (Wildman–Crippen LogP) is 0.881. The van der Waals surface area contributed by atoms with E-state index in [4.69, 9.17) is 5.73 Å². The molecule has 2 N–H and O–H groups in total. The molecule has 1 aromatic carbocycles. The van der Waals surface area contributed by atoms with Gasteiger partial charge < -0.3 is 5.73 Å². The summed E-state index contributed by atoms with van der Waals surface area (Å²) < 4.78 is 26.4. The highest BCUT2D eigenvalue weighted by Gasteiger charge is 2.43. The van der Waals surface area contributed by atoms with E-state index in [1.54, 1.807) is 38.1 Å². The first-order chi connectivity index (χ1) is 8.77. The lowest BCUT2D eigenvalue weighted by Gasteiger charge is -2.21. The standard InChI is InChI=1S/C13H18N2O3S/c1-10-5-3-4-6-11(10)19(17,18)15-8-7-13(2,9-15)12(14)16/h3-6H,7-9H2,1-2H3,(H2,14,16). The molecule has 104 valence electrons. The number of nitrogens with zero attached hydrogens (tertiary/aromatic N) is 1. The third-order valence-electron chi connectivity index (χ3n) is 3.74. The van der Waals surface area contributed by atoms with Gasteiger partial charge in [0.25, 0.3) is 0 Å². The van der Waals surface area contributed by atoms with Gasteiger partial charge in [-0.15, -0.1) is 0 Å². The van der Waals surface area contributed by atoms with Gasteiger partial charge >= 0.3 is 0 Å². The van der Waals surface area contributed by atoms with Gasteiger partial charge in [-0.2, -0.15) is 4.31 Å². The molecule has 1 aromatic rings. The molecule has 2 rings (SSSR count). The van der Waals surface area contributed by atoms with Crippen LogP contribution in [0.4, 0.5) is 0 Å². The van der Waals surface area contributed by atoms with Gasteiger partial charge in [-0.05, 0) is 31.9 Å². The molecule has 0 bridgehead atoms. The molecular formula is C13H18N2O3S. The van der Waals surface area contributed by atoms with E-state index in [9.17, 15) is 13.2 Å². The second-order valence-corrected chi connectivity index (χ2v) is 7.19. The molecule has 0 aromatic heterocycles. The first kappa shape index (κ1) is 14.0. The van der Waals surface area contributed by atoms with Crippen LogP contribution in [0.5, 0.6) is 0 Å². The molecule has 1 amide bonds. The Bertz CT molecular complexity index is 612. The number of benzene rings is 1. The van der Waals surface area contributed by atoms with E-state index in [1.165, 1.54) is 4.31 Å². The fourth-order valence-corrected chi connectivity index (χ4v) is 4.10. The third-order valence-corrected chi connectivity index (χ3v) is 5.75. The van der Waals surface area contributed by atoms with Gasteiger partial charge in [-0.25, -0.2) is 8.42 Å². The summed E-state index contributed by atoms with van der Waals surface area (Å²) in [5, 5.41) is 0. The Labute approximate surface area is 113 Å². The van der Waals surface area contributed by atoms with Crippen molar-refractivity contribution in [2.75, 3.05) is 13.1 Å². The molecule has 1 atom stereocenters. The number of carbonyl (C=O) groups excluding carboxylic acids is 1. The zero-order chi connectivity index (χ0) is 14.3. The van der Waals surface area contributed by atoms with Crippen LogP contribution in [-0.2, 0) is 14.8 Å². The Hall–Kier alpha value is -1.40. The summed E-state index contributed by atoms with van der Waals surface area (Å²) in [6.07, 6.45) is 0.466. The Balaban J connectivity index is 2.34. The first-order valence-corrected chi connectivity index (χ1v) is 7.57. The SMILES string of the molecule is Cc1ccccc1S(=O)(=O)N1CCC(C)(C(N)=O)C1. The van der Waals surface area contributed by atoms with Crippen molar-refractivity contribution in [1.29, 1.82) is 0 Å². The highest BCUT2D eigenvalue weighted by molar-refractivity contribution is 7.89. The average Bonchev–Trinajstić information content (AvgIpc) is 2.74. The summed E-state index contributed by atoms with van der Waals surface area (Å²) in [7, 11) is -3.55. The maximum Gasteiger partial charge on any atom is 0.243 e. The molecular weight excluding hydrogens is 264 g/mol. The van der Waals surface area contributed by atoms with E-state index >= 15 is 0 Å². The van der Waals surface area contributed by atoms with Crippen LogP contribution in [0.25, 0.3) is 0 Å². The summed E-state index contributed by atoms with van der Waals surface area (Å²) in [5.41, 5.74) is 5.28. The fraction of sp³-hybridized carbons (Fsp3) is 0.462. The molecule has 19 heavy (non-hydrogen) atoms. The van der Waals surface area contributed by atoms with Crippen LogP contribution in [0.1, 0.15) is 18.9 Å². The quantitative estimate of drug-likeness (QED) is 0.893. The summed E-state index contributed by atoms with van der Waals surface area (Å²) >= 11 is 0. The maximum atomic E-state index is 12.5. The molecule has 0 spiro atoms. The minimum Gasteiger partial charge on any atom is -0.369 e. The van der Waals surface area contributed by atoms with Gasteiger partial charge in [0.15, 0.2) is 0 Å². The number of hydrogen-bond donors (Lipinski definition) is 1. The molecule has 1 fully saturated rings. The van der Waals surface area contributed by atoms with Crippen LogP contribution in [0, 0.1) is 12.3 Å². The lowest BCUT2D eigenvalue weighted by Crippen LogP contribution is -2.38. The topological polar surface area (TPSA) is 80.5 Å². The molecule has 0 radical (unpaired) electrons. The number of amides is 1. The van der Waals surface area contributed by atoms with Crippen molar-refractivity contribution in [3.8, 4) is 0 Å². The minimum absolute atomic E-state index is 0.152. The van der Waals surface area contributed by atoms with E-state index in [2.05, 4.69) is 0 Å². The van der Waals surface area contributed by atoms with Crippen LogP contribution in [0.15, 0.2) is 29.2 Å². The number of carbonyl (C=O) groups is 1. The zero-order valence-corrected chi connectivity index (χ0v) is 11.9. The van der Waals surface area contributed by atoms with Crippen molar-refractivity contribution < 1.29 is 13.2 Å². The van der Waals surface area contributed by atoms with Crippen molar-refractivity contribution >= 4 is 15.9 Å². The predicted molar refractivity (Wildman–Crippen MR) is 71.9 cm³/mol. The van der Waals surface area contributed by atoms with Gasteiger partial charge in [0.05, 0.1) is 10.3 Å². The lowest BCUT2D eigenvalue weighted by molar-refractivity contribution is -0.126. The van der Waals surface area contributed by atoms with E-state index in [0.29, 0.717) is 23.4 Å². The number of sulfonamides is 1. The summed E-state index contributed by atoms with van der Waals surface area (Å²) in [6, 6.07) is 6.84. The van der Waals surface area contributed by atoms with E-state index in [-0.39, 0.29) is 6.54 Å². The second-order valence-electron chi connectivity index (χ2n) is 5.28. The normalized spacial score (nSPS) is 24.5. The van der Waals surface area contributed by atoms with Gasteiger partial charge in [0.1, 0.15) is 0 Å². The van der Waals surface area contributed by atoms with Crippen LogP contribution >= 0.6 is 0 Å². The van der Waals surface area contributed by atoms with Crippen LogP contribution in [-0.4, -0.2) is 31.7 Å². The third kappa shape index (κ3) is 2.37. The molecule has 0 saturated carbocycles. The van der Waals surface area contributed by atoms with E-state index in [0.717, 1.165) is 0 Å². The van der Waals surface area contributed by atoms with Crippen molar-refractivity contribution in [2.24, 2.45) is 11.1 Å². The Morgan fingerprint density at radius 3 is 2.53 bits per heavy atom. The van der Waals surface area contributed by atoms with E-state index < -0.39 is 21.3 Å². The molecule has 1 aliphatic rings. The molecule has 1 unspecified atom stereocenters. The summed E-state index contributed by atoms with van der Waals surface area (Å²) in [5.74, 6) is -0.449. The van der Waals surface area contributed by atoms with Gasteiger partial charge in [0.2, 0.25) is 15.9 Å². The summed E-state index contributed by atoms with van der Waals surface area (Å²) in [4.78, 5) is 11.7.